The van der Waals surface area contributed by atoms with Crippen LogP contribution in [0.5, 0.6) is 0 Å². The Labute approximate surface area is 228 Å². The Kier molecular flexibility index (Phi) is 20.6. The van der Waals surface area contributed by atoms with Crippen LogP contribution in [0.25, 0.3) is 0 Å². The Balaban J connectivity index is 1.95. The van der Waals surface area contributed by atoms with Gasteiger partial charge in [0.2, 0.25) is 0 Å². The number of rotatable bonds is 26. The first kappa shape index (κ1) is 34.7. The quantitative estimate of drug-likeness (QED) is 0.0784. The summed E-state index contributed by atoms with van der Waals surface area (Å²) in [6, 6.07) is 1.45. The molecule has 0 radical (unpaired) electrons. The number of aromatic nitrogens is 2. The van der Waals surface area contributed by atoms with Gasteiger partial charge in [0.05, 0.1) is 19.3 Å². The van der Waals surface area contributed by atoms with Crippen LogP contribution in [0.1, 0.15) is 103 Å². The Morgan fingerprint density at radius 3 is 2.05 bits per heavy atom. The fourth-order valence-electron chi connectivity index (χ4n) is 4.10. The molecule has 1 aromatic rings. The number of hydrogen-bond acceptors (Lipinski definition) is 8. The zero-order chi connectivity index (χ0) is 27.9. The highest BCUT2D eigenvalue weighted by Gasteiger charge is 2.20. The van der Waals surface area contributed by atoms with Crippen molar-refractivity contribution in [3.63, 3.8) is 0 Å². The van der Waals surface area contributed by atoms with Gasteiger partial charge in [0.15, 0.2) is 6.79 Å². The molecule has 0 aliphatic carbocycles. The Hall–Kier alpha value is -1.29. The second-order valence-electron chi connectivity index (χ2n) is 9.93. The lowest BCUT2D eigenvalue weighted by atomic mass is 10.0. The molecule has 0 fully saturated rings. The summed E-state index contributed by atoms with van der Waals surface area (Å²) in [7, 11) is -3.83. The lowest BCUT2D eigenvalue weighted by Gasteiger charge is -2.18. The fourth-order valence-corrected chi connectivity index (χ4v) is 4.99. The summed E-state index contributed by atoms with van der Waals surface area (Å²) in [6.45, 7) is 2.46. The number of ether oxygens (including phenoxy) is 2. The van der Waals surface area contributed by atoms with E-state index in [1.165, 1.54) is 93.9 Å². The number of anilines is 1. The molecule has 0 bridgehead atoms. The largest absolute Gasteiger partial charge is 0.394 e. The van der Waals surface area contributed by atoms with Crippen LogP contribution in [-0.4, -0.2) is 58.4 Å². The first-order valence-corrected chi connectivity index (χ1v) is 16.2. The van der Waals surface area contributed by atoms with Gasteiger partial charge in [-0.25, -0.2) is 4.79 Å². The number of aliphatic hydroxyl groups is 1. The maximum absolute atomic E-state index is 12.2. The van der Waals surface area contributed by atoms with E-state index in [-0.39, 0.29) is 18.5 Å². The minimum atomic E-state index is -3.83. The molecule has 38 heavy (non-hydrogen) atoms. The van der Waals surface area contributed by atoms with Crippen LogP contribution in [-0.2, 0) is 25.1 Å². The third-order valence-electron chi connectivity index (χ3n) is 6.43. The lowest BCUT2D eigenvalue weighted by Crippen LogP contribution is -2.32. The molecule has 0 aliphatic rings. The van der Waals surface area contributed by atoms with Gasteiger partial charge in [-0.1, -0.05) is 90.4 Å². The van der Waals surface area contributed by atoms with Crippen LogP contribution < -0.4 is 11.4 Å². The van der Waals surface area contributed by atoms with Gasteiger partial charge in [-0.05, 0) is 18.9 Å². The molecule has 1 aromatic heterocycles. The molecule has 0 aromatic carbocycles. The van der Waals surface area contributed by atoms with E-state index in [2.05, 4.69) is 11.9 Å². The van der Waals surface area contributed by atoms with E-state index in [0.29, 0.717) is 19.6 Å². The molecule has 0 amide bonds. The van der Waals surface area contributed by atoms with Gasteiger partial charge in [0.1, 0.15) is 11.9 Å². The highest BCUT2D eigenvalue weighted by molar-refractivity contribution is 7.52. The average Bonchev–Trinajstić information content (AvgIpc) is 2.88. The number of nitrogens with zero attached hydrogens (tertiary/aromatic N) is 2. The minimum Gasteiger partial charge on any atom is -0.394 e. The van der Waals surface area contributed by atoms with E-state index < -0.39 is 32.8 Å². The van der Waals surface area contributed by atoms with E-state index in [1.807, 2.05) is 0 Å². The topological polar surface area (TPSA) is 146 Å². The summed E-state index contributed by atoms with van der Waals surface area (Å²) in [4.78, 5) is 25.3. The van der Waals surface area contributed by atoms with Crippen LogP contribution in [0.15, 0.2) is 17.1 Å². The van der Waals surface area contributed by atoms with E-state index >= 15 is 0 Å². The molecule has 1 rings (SSSR count). The molecule has 1 heterocycles. The van der Waals surface area contributed by atoms with Crippen molar-refractivity contribution in [3.8, 4) is 0 Å². The van der Waals surface area contributed by atoms with Crippen LogP contribution in [0.4, 0.5) is 5.82 Å². The zero-order valence-electron chi connectivity index (χ0n) is 23.4. The highest BCUT2D eigenvalue weighted by atomic mass is 31.2. The lowest BCUT2D eigenvalue weighted by molar-refractivity contribution is -0.0666. The Morgan fingerprint density at radius 1 is 0.947 bits per heavy atom. The molecule has 0 saturated carbocycles. The first-order valence-electron chi connectivity index (χ1n) is 14.5. The minimum absolute atomic E-state index is 0.00873. The highest BCUT2D eigenvalue weighted by Crippen LogP contribution is 2.42. The second-order valence-corrected chi connectivity index (χ2v) is 11.9. The molecule has 0 aliphatic heterocycles. The molecule has 10 nitrogen and oxygen atoms in total. The molecule has 0 spiro atoms. The molecule has 11 heteroatoms. The van der Waals surface area contributed by atoms with Crippen LogP contribution in [0.3, 0.4) is 0 Å². The number of nitrogen functional groups attached to an aromatic ring is 1. The van der Waals surface area contributed by atoms with Gasteiger partial charge in [0, 0.05) is 19.4 Å². The van der Waals surface area contributed by atoms with Crippen molar-refractivity contribution in [2.45, 2.75) is 116 Å². The normalized spacial score (nSPS) is 14.0. The molecule has 0 saturated heterocycles. The number of nitrogens with two attached hydrogens (primary N) is 1. The molecule has 2 atom stereocenters. The smallest absolute Gasteiger partial charge is 0.349 e. The number of aliphatic hydroxyl groups excluding tert-OH is 1. The Bertz CT molecular complexity index is 809. The molecule has 1 unspecified atom stereocenters. The zero-order valence-corrected chi connectivity index (χ0v) is 24.3. The van der Waals surface area contributed by atoms with Crippen molar-refractivity contribution >= 4 is 13.4 Å². The van der Waals surface area contributed by atoms with Crippen molar-refractivity contribution in [3.05, 3.63) is 22.7 Å². The monoisotopic (exact) mass is 561 g/mol. The van der Waals surface area contributed by atoms with E-state index in [9.17, 15) is 19.4 Å². The van der Waals surface area contributed by atoms with E-state index in [1.54, 1.807) is 0 Å². The van der Waals surface area contributed by atoms with E-state index in [4.69, 9.17) is 19.7 Å². The Morgan fingerprint density at radius 2 is 1.50 bits per heavy atom. The second kappa shape index (κ2) is 22.5. The summed E-state index contributed by atoms with van der Waals surface area (Å²) in [5.41, 5.74) is 4.88. The van der Waals surface area contributed by atoms with Crippen molar-refractivity contribution in [1.29, 1.82) is 0 Å². The van der Waals surface area contributed by atoms with Gasteiger partial charge < -0.3 is 25.2 Å². The van der Waals surface area contributed by atoms with Crippen molar-refractivity contribution in [2.24, 2.45) is 0 Å². The van der Waals surface area contributed by atoms with Gasteiger partial charge in [-0.2, -0.15) is 4.98 Å². The van der Waals surface area contributed by atoms with Crippen molar-refractivity contribution in [1.82, 2.24) is 9.55 Å². The maximum atomic E-state index is 12.2. The van der Waals surface area contributed by atoms with E-state index in [0.717, 1.165) is 12.8 Å². The molecular formula is C27H52N3O7P. The summed E-state index contributed by atoms with van der Waals surface area (Å²) in [6.07, 6.45) is 19.4. The van der Waals surface area contributed by atoms with Crippen molar-refractivity contribution < 1.29 is 28.6 Å². The molecule has 4 N–H and O–H groups in total. The predicted octanol–water partition coefficient (Wildman–Crippen LogP) is 5.25. The predicted molar refractivity (Wildman–Crippen MR) is 151 cm³/mol. The van der Waals surface area contributed by atoms with Crippen molar-refractivity contribution in [2.75, 3.05) is 38.5 Å². The SMILES string of the molecule is CCCCCCCCCCCCCCCCOCCCP(=O)(O)OCO[C@H](CO)Cn1ccc(N)nc1=O. The molecular weight excluding hydrogens is 509 g/mol. The number of unbranched alkanes of at least 4 members (excludes halogenated alkanes) is 13. The van der Waals surface area contributed by atoms with Gasteiger partial charge in [0.25, 0.3) is 0 Å². The summed E-state index contributed by atoms with van der Waals surface area (Å²) in [5.74, 6) is 0.0980. The van der Waals surface area contributed by atoms with Crippen LogP contribution in [0, 0.1) is 0 Å². The first-order chi connectivity index (χ1) is 18.4. The average molecular weight is 562 g/mol. The van der Waals surface area contributed by atoms with Crippen LogP contribution >= 0.6 is 7.60 Å². The van der Waals surface area contributed by atoms with Gasteiger partial charge in [-0.15, -0.1) is 0 Å². The summed E-state index contributed by atoms with van der Waals surface area (Å²) < 4.78 is 29.3. The molecule has 222 valence electrons. The fraction of sp³-hybridized carbons (Fsp3) is 0.852. The van der Waals surface area contributed by atoms with Crippen LogP contribution in [0.2, 0.25) is 0 Å². The van der Waals surface area contributed by atoms with Gasteiger partial charge >= 0.3 is 13.3 Å². The third kappa shape index (κ3) is 18.9. The summed E-state index contributed by atoms with van der Waals surface area (Å²) >= 11 is 0. The third-order valence-corrected chi connectivity index (χ3v) is 7.82. The number of hydrogen-bond donors (Lipinski definition) is 3. The summed E-state index contributed by atoms with van der Waals surface area (Å²) in [5, 5.41) is 9.45. The van der Waals surface area contributed by atoms with Gasteiger partial charge in [-0.3, -0.25) is 13.7 Å². The standard InChI is InChI=1S/C27H52N3O7P/c1-2-3-4-5-6-7-8-9-10-11-12-13-14-15-19-35-20-16-21-38(33,34)37-24-36-25(23-31)22-30-18-17-26(28)29-27(30)32/h17-18,25,31H,2-16,19-24H2,1H3,(H,33,34)(H2,28,29,32)/t25-/m0/s1. The maximum Gasteiger partial charge on any atom is 0.349 e.